The molecule has 5 nitrogen and oxygen atoms in total. The van der Waals surface area contributed by atoms with E-state index in [4.69, 9.17) is 23.2 Å². The summed E-state index contributed by atoms with van der Waals surface area (Å²) < 4.78 is 1.79. The van der Waals surface area contributed by atoms with Crippen LogP contribution in [0.25, 0.3) is 0 Å². The third kappa shape index (κ3) is 6.23. The zero-order chi connectivity index (χ0) is 20.8. The Morgan fingerprint density at radius 3 is 2.31 bits per heavy atom. The van der Waals surface area contributed by atoms with Crippen molar-refractivity contribution in [2.45, 2.75) is 30.5 Å². The molecule has 0 aliphatic carbocycles. The van der Waals surface area contributed by atoms with Gasteiger partial charge in [0, 0.05) is 29.1 Å². The van der Waals surface area contributed by atoms with Gasteiger partial charge in [0.15, 0.2) is 5.16 Å². The number of amides is 1. The fraction of sp³-hybridized carbons (Fsp3) is 0.286. The number of hydrogen-bond acceptors (Lipinski definition) is 4. The summed E-state index contributed by atoms with van der Waals surface area (Å²) in [7, 11) is 1.85. The average Bonchev–Trinajstić information content (AvgIpc) is 3.11. The first-order chi connectivity index (χ1) is 13.9. The molecule has 29 heavy (non-hydrogen) atoms. The molecule has 0 aliphatic rings. The van der Waals surface area contributed by atoms with E-state index in [-0.39, 0.29) is 23.6 Å². The third-order valence-corrected chi connectivity index (χ3v) is 6.20. The standard InChI is InChI=1S/C21H22Cl2N4OS/c1-14(25-20(28)12-29-21-26-24-13-27(21)2)19(16-5-9-18(23)10-6-16)11-15-3-7-17(22)8-4-15/h3-10,13-14,19H,11-12H2,1-2H3,(H,25,28)/t14-,19+/m1/s1. The Balaban J connectivity index is 1.70. The summed E-state index contributed by atoms with van der Waals surface area (Å²) in [6.45, 7) is 2.03. The topological polar surface area (TPSA) is 59.8 Å². The lowest BCUT2D eigenvalue weighted by Crippen LogP contribution is -2.38. The number of thioether (sulfide) groups is 1. The van der Waals surface area contributed by atoms with Gasteiger partial charge in [-0.25, -0.2) is 0 Å². The average molecular weight is 449 g/mol. The van der Waals surface area contributed by atoms with Crippen LogP contribution in [0.2, 0.25) is 10.0 Å². The van der Waals surface area contributed by atoms with Crippen molar-refractivity contribution in [3.63, 3.8) is 0 Å². The first kappa shape index (κ1) is 21.7. The van der Waals surface area contributed by atoms with Crippen LogP contribution in [0.3, 0.4) is 0 Å². The van der Waals surface area contributed by atoms with Gasteiger partial charge in [0.25, 0.3) is 0 Å². The molecule has 3 rings (SSSR count). The smallest absolute Gasteiger partial charge is 0.230 e. The van der Waals surface area contributed by atoms with Gasteiger partial charge in [-0.15, -0.1) is 10.2 Å². The minimum absolute atomic E-state index is 0.0411. The Bertz CT molecular complexity index is 944. The molecule has 0 radical (unpaired) electrons. The lowest BCUT2D eigenvalue weighted by molar-refractivity contribution is -0.119. The summed E-state index contributed by atoms with van der Waals surface area (Å²) in [5.41, 5.74) is 2.28. The predicted molar refractivity (Wildman–Crippen MR) is 119 cm³/mol. The molecule has 0 saturated carbocycles. The quantitative estimate of drug-likeness (QED) is 0.505. The second-order valence-corrected chi connectivity index (χ2v) is 8.67. The Hall–Kier alpha value is -2.02. The Morgan fingerprint density at radius 1 is 1.10 bits per heavy atom. The van der Waals surface area contributed by atoms with Crippen molar-refractivity contribution < 1.29 is 4.79 Å². The van der Waals surface area contributed by atoms with Crippen LogP contribution in [0.4, 0.5) is 0 Å². The molecule has 2 atom stereocenters. The number of rotatable bonds is 8. The highest BCUT2D eigenvalue weighted by molar-refractivity contribution is 7.99. The van der Waals surface area contributed by atoms with E-state index in [1.54, 1.807) is 10.9 Å². The highest BCUT2D eigenvalue weighted by Crippen LogP contribution is 2.27. The highest BCUT2D eigenvalue weighted by Gasteiger charge is 2.22. The fourth-order valence-corrected chi connectivity index (χ4v) is 4.05. The molecule has 0 spiro atoms. The maximum Gasteiger partial charge on any atom is 0.230 e. The van der Waals surface area contributed by atoms with Crippen molar-refractivity contribution in [3.8, 4) is 0 Å². The molecule has 1 heterocycles. The molecule has 1 amide bonds. The third-order valence-electron chi connectivity index (χ3n) is 4.66. The first-order valence-electron chi connectivity index (χ1n) is 9.18. The van der Waals surface area contributed by atoms with Crippen LogP contribution in [0, 0.1) is 0 Å². The molecular weight excluding hydrogens is 427 g/mol. The largest absolute Gasteiger partial charge is 0.352 e. The molecular formula is C21H22Cl2N4OS. The van der Waals surface area contributed by atoms with E-state index in [1.165, 1.54) is 11.8 Å². The molecule has 0 unspecified atom stereocenters. The van der Waals surface area contributed by atoms with E-state index in [0.717, 1.165) is 17.5 Å². The van der Waals surface area contributed by atoms with Crippen molar-refractivity contribution in [1.29, 1.82) is 0 Å². The summed E-state index contributed by atoms with van der Waals surface area (Å²) >= 11 is 13.4. The van der Waals surface area contributed by atoms with E-state index in [0.29, 0.717) is 15.2 Å². The van der Waals surface area contributed by atoms with Gasteiger partial charge < -0.3 is 9.88 Å². The van der Waals surface area contributed by atoms with Gasteiger partial charge in [-0.2, -0.15) is 0 Å². The number of aromatic nitrogens is 3. The summed E-state index contributed by atoms with van der Waals surface area (Å²) in [5, 5.41) is 13.1. The van der Waals surface area contributed by atoms with Gasteiger partial charge in [-0.05, 0) is 48.7 Å². The van der Waals surface area contributed by atoms with Crippen LogP contribution >= 0.6 is 35.0 Å². The number of carbonyl (C=O) groups is 1. The van der Waals surface area contributed by atoms with Gasteiger partial charge in [0.2, 0.25) is 5.91 Å². The molecule has 0 fully saturated rings. The van der Waals surface area contributed by atoms with Crippen molar-refractivity contribution >= 4 is 40.9 Å². The second-order valence-electron chi connectivity index (χ2n) is 6.86. The van der Waals surface area contributed by atoms with Gasteiger partial charge in [-0.1, -0.05) is 59.2 Å². The minimum Gasteiger partial charge on any atom is -0.352 e. The maximum absolute atomic E-state index is 12.5. The minimum atomic E-state index is -0.0700. The number of aryl methyl sites for hydroxylation is 1. The van der Waals surface area contributed by atoms with Gasteiger partial charge in [-0.3, -0.25) is 4.79 Å². The van der Waals surface area contributed by atoms with Crippen molar-refractivity contribution in [2.75, 3.05) is 5.75 Å². The van der Waals surface area contributed by atoms with Crippen molar-refractivity contribution in [3.05, 3.63) is 76.0 Å². The number of benzene rings is 2. The van der Waals surface area contributed by atoms with Crippen LogP contribution in [0.5, 0.6) is 0 Å². The summed E-state index contributed by atoms with van der Waals surface area (Å²) in [4.78, 5) is 12.5. The number of hydrogen-bond donors (Lipinski definition) is 1. The molecule has 0 saturated heterocycles. The fourth-order valence-electron chi connectivity index (χ4n) is 3.10. The van der Waals surface area contributed by atoms with Crippen LogP contribution in [-0.2, 0) is 18.3 Å². The molecule has 0 bridgehead atoms. The first-order valence-corrected chi connectivity index (χ1v) is 10.9. The normalized spacial score (nSPS) is 13.1. The van der Waals surface area contributed by atoms with Crippen molar-refractivity contribution in [2.24, 2.45) is 7.05 Å². The van der Waals surface area contributed by atoms with E-state index in [1.807, 2.05) is 62.5 Å². The van der Waals surface area contributed by atoms with Crippen molar-refractivity contribution in [1.82, 2.24) is 20.1 Å². The SMILES string of the molecule is C[C@@H](NC(=O)CSc1nncn1C)[C@H](Cc1ccc(Cl)cc1)c1ccc(Cl)cc1. The number of halogens is 2. The summed E-state index contributed by atoms with van der Waals surface area (Å²) in [6.07, 6.45) is 2.39. The summed E-state index contributed by atoms with van der Waals surface area (Å²) in [5.74, 6) is 0.336. The van der Waals surface area contributed by atoms with Crippen LogP contribution < -0.4 is 5.32 Å². The lowest BCUT2D eigenvalue weighted by Gasteiger charge is -2.26. The lowest BCUT2D eigenvalue weighted by atomic mass is 9.86. The second kappa shape index (κ2) is 10.1. The van der Waals surface area contributed by atoms with Crippen LogP contribution in [0.1, 0.15) is 24.0 Å². The number of nitrogens with zero attached hydrogens (tertiary/aromatic N) is 3. The Kier molecular flexibility index (Phi) is 7.58. The molecule has 152 valence electrons. The zero-order valence-electron chi connectivity index (χ0n) is 16.2. The molecule has 1 N–H and O–H groups in total. The van der Waals surface area contributed by atoms with E-state index in [9.17, 15) is 4.79 Å². The Labute approximate surface area is 184 Å². The maximum atomic E-state index is 12.5. The molecule has 3 aromatic rings. The molecule has 2 aromatic carbocycles. The Morgan fingerprint density at radius 2 is 1.72 bits per heavy atom. The highest BCUT2D eigenvalue weighted by atomic mass is 35.5. The number of carbonyl (C=O) groups excluding carboxylic acids is 1. The monoisotopic (exact) mass is 448 g/mol. The predicted octanol–water partition coefficient (Wildman–Crippen LogP) is 4.75. The zero-order valence-corrected chi connectivity index (χ0v) is 18.5. The van der Waals surface area contributed by atoms with E-state index in [2.05, 4.69) is 15.5 Å². The molecule has 1 aromatic heterocycles. The molecule has 0 aliphatic heterocycles. The number of nitrogens with one attached hydrogen (secondary N) is 1. The summed E-state index contributed by atoms with van der Waals surface area (Å²) in [6, 6.07) is 15.5. The van der Waals surface area contributed by atoms with Crippen LogP contribution in [0.15, 0.2) is 60.0 Å². The van der Waals surface area contributed by atoms with E-state index < -0.39 is 0 Å². The van der Waals surface area contributed by atoms with E-state index >= 15 is 0 Å². The van der Waals surface area contributed by atoms with Gasteiger partial charge in [0.05, 0.1) is 5.75 Å². The van der Waals surface area contributed by atoms with Crippen LogP contribution in [-0.4, -0.2) is 32.5 Å². The van der Waals surface area contributed by atoms with Gasteiger partial charge >= 0.3 is 0 Å². The molecule has 8 heteroatoms. The van der Waals surface area contributed by atoms with Gasteiger partial charge in [0.1, 0.15) is 6.33 Å².